The number of alkyl halides is 3. The highest BCUT2D eigenvalue weighted by molar-refractivity contribution is 5.34. The molecule has 2 N–H and O–H groups in total. The van der Waals surface area contributed by atoms with Crippen molar-refractivity contribution in [2.75, 3.05) is 12.4 Å². The van der Waals surface area contributed by atoms with Gasteiger partial charge in [-0.2, -0.15) is 13.2 Å². The van der Waals surface area contributed by atoms with Crippen LogP contribution in [0.25, 0.3) is 0 Å². The van der Waals surface area contributed by atoms with Crippen LogP contribution in [0.4, 0.5) is 19.0 Å². The second kappa shape index (κ2) is 5.73. The normalized spacial score (nSPS) is 24.2. The second-order valence-corrected chi connectivity index (χ2v) is 4.78. The van der Waals surface area contributed by atoms with Crippen LogP contribution in [0.1, 0.15) is 31.4 Å². The zero-order valence-corrected chi connectivity index (χ0v) is 10.7. The molecule has 0 unspecified atom stereocenters. The molecule has 1 aliphatic carbocycles. The van der Waals surface area contributed by atoms with Gasteiger partial charge in [-0.3, -0.25) is 0 Å². The summed E-state index contributed by atoms with van der Waals surface area (Å²) >= 11 is 0. The summed E-state index contributed by atoms with van der Waals surface area (Å²) in [5.41, 5.74) is -0.961. The first-order chi connectivity index (χ1) is 8.99. The third-order valence-corrected chi connectivity index (χ3v) is 3.44. The van der Waals surface area contributed by atoms with E-state index in [9.17, 15) is 13.2 Å². The van der Waals surface area contributed by atoms with E-state index in [-0.39, 0.29) is 6.04 Å². The van der Waals surface area contributed by atoms with Crippen molar-refractivity contribution in [1.29, 1.82) is 0 Å². The lowest BCUT2D eigenvalue weighted by Crippen LogP contribution is -2.35. The minimum atomic E-state index is -4.43. The first-order valence-corrected chi connectivity index (χ1v) is 6.34. The Balaban J connectivity index is 1.90. The number of nitrogens with zero attached hydrogens (tertiary/aromatic N) is 2. The number of anilines is 1. The molecule has 19 heavy (non-hydrogen) atoms. The van der Waals surface area contributed by atoms with E-state index in [1.54, 1.807) is 0 Å². The number of halogens is 3. The third kappa shape index (κ3) is 3.79. The van der Waals surface area contributed by atoms with Crippen LogP contribution in [0.5, 0.6) is 0 Å². The number of nitrogens with one attached hydrogen (secondary N) is 2. The molecule has 106 valence electrons. The Kier molecular flexibility index (Phi) is 4.24. The maximum Gasteiger partial charge on any atom is 0.435 e. The van der Waals surface area contributed by atoms with Gasteiger partial charge in [-0.15, -0.1) is 10.2 Å². The molecule has 2 rings (SSSR count). The maximum absolute atomic E-state index is 12.3. The molecule has 0 radical (unpaired) electrons. The molecule has 1 fully saturated rings. The highest BCUT2D eigenvalue weighted by Crippen LogP contribution is 2.27. The fourth-order valence-corrected chi connectivity index (χ4v) is 2.30. The molecule has 0 bridgehead atoms. The largest absolute Gasteiger partial charge is 0.435 e. The van der Waals surface area contributed by atoms with Crippen molar-refractivity contribution in [3.05, 3.63) is 17.8 Å². The standard InChI is InChI=1S/C12H17F3N4/c1-16-8-2-4-9(5-3-8)17-11-7-6-10(18-19-11)12(13,14)15/h6-9,16H,2-5H2,1H3,(H,17,19). The van der Waals surface area contributed by atoms with Crippen molar-refractivity contribution in [2.24, 2.45) is 0 Å². The maximum atomic E-state index is 12.3. The molecule has 1 saturated carbocycles. The Hall–Kier alpha value is -1.37. The van der Waals surface area contributed by atoms with Gasteiger partial charge < -0.3 is 10.6 Å². The number of rotatable bonds is 3. The molecule has 7 heteroatoms. The average molecular weight is 274 g/mol. The van der Waals surface area contributed by atoms with Gasteiger partial charge in [0.1, 0.15) is 5.82 Å². The number of aromatic nitrogens is 2. The fourth-order valence-electron chi connectivity index (χ4n) is 2.30. The molecular weight excluding hydrogens is 257 g/mol. The van der Waals surface area contributed by atoms with Crippen molar-refractivity contribution in [1.82, 2.24) is 15.5 Å². The SMILES string of the molecule is CNC1CCC(Nc2ccc(C(F)(F)F)nn2)CC1. The van der Waals surface area contributed by atoms with Crippen LogP contribution < -0.4 is 10.6 Å². The lowest BCUT2D eigenvalue weighted by atomic mass is 9.91. The Morgan fingerprint density at radius 1 is 1.05 bits per heavy atom. The Morgan fingerprint density at radius 3 is 2.16 bits per heavy atom. The summed E-state index contributed by atoms with van der Waals surface area (Å²) in [6.07, 6.45) is -0.358. The van der Waals surface area contributed by atoms with E-state index in [1.807, 2.05) is 7.05 Å². The number of hydrogen-bond donors (Lipinski definition) is 2. The predicted octanol–water partition coefficient (Wildman–Crippen LogP) is 2.44. The smallest absolute Gasteiger partial charge is 0.366 e. The van der Waals surface area contributed by atoms with Gasteiger partial charge in [-0.05, 0) is 44.9 Å². The van der Waals surface area contributed by atoms with Gasteiger partial charge in [0, 0.05) is 12.1 Å². The molecule has 0 saturated heterocycles. The van der Waals surface area contributed by atoms with Gasteiger partial charge in [-0.25, -0.2) is 0 Å². The fraction of sp³-hybridized carbons (Fsp3) is 0.667. The van der Waals surface area contributed by atoms with Crippen LogP contribution in [0.3, 0.4) is 0 Å². The molecule has 0 amide bonds. The highest BCUT2D eigenvalue weighted by Gasteiger charge is 2.33. The van der Waals surface area contributed by atoms with Gasteiger partial charge in [0.2, 0.25) is 0 Å². The van der Waals surface area contributed by atoms with Gasteiger partial charge in [0.15, 0.2) is 5.69 Å². The Bertz CT molecular complexity index is 396. The summed E-state index contributed by atoms with van der Waals surface area (Å²) in [4.78, 5) is 0. The summed E-state index contributed by atoms with van der Waals surface area (Å²) in [5, 5.41) is 13.1. The minimum absolute atomic E-state index is 0.260. The molecule has 1 aromatic heterocycles. The average Bonchev–Trinajstić information content (AvgIpc) is 2.39. The first kappa shape index (κ1) is 14.0. The third-order valence-electron chi connectivity index (χ3n) is 3.44. The molecule has 1 aliphatic rings. The summed E-state index contributed by atoms with van der Waals surface area (Å²) in [6, 6.07) is 3.08. The van der Waals surface area contributed by atoms with E-state index < -0.39 is 11.9 Å². The van der Waals surface area contributed by atoms with Crippen molar-refractivity contribution in [3.63, 3.8) is 0 Å². The van der Waals surface area contributed by atoms with E-state index in [4.69, 9.17) is 0 Å². The van der Waals surface area contributed by atoms with Crippen LogP contribution in [0.2, 0.25) is 0 Å². The molecule has 0 spiro atoms. The molecule has 4 nitrogen and oxygen atoms in total. The van der Waals surface area contributed by atoms with Gasteiger partial charge >= 0.3 is 6.18 Å². The van der Waals surface area contributed by atoms with Crippen LogP contribution >= 0.6 is 0 Å². The highest BCUT2D eigenvalue weighted by atomic mass is 19.4. The molecule has 0 aliphatic heterocycles. The number of hydrogen-bond acceptors (Lipinski definition) is 4. The Morgan fingerprint density at radius 2 is 1.68 bits per heavy atom. The van der Waals surface area contributed by atoms with Crippen LogP contribution in [0.15, 0.2) is 12.1 Å². The van der Waals surface area contributed by atoms with Gasteiger partial charge in [-0.1, -0.05) is 0 Å². The molecule has 1 aromatic rings. The Labute approximate surface area is 109 Å². The van der Waals surface area contributed by atoms with E-state index in [0.29, 0.717) is 11.9 Å². The van der Waals surface area contributed by atoms with E-state index in [1.165, 1.54) is 6.07 Å². The monoisotopic (exact) mass is 274 g/mol. The summed E-state index contributed by atoms with van der Waals surface area (Å²) in [5.74, 6) is 0.404. The van der Waals surface area contributed by atoms with E-state index >= 15 is 0 Å². The van der Waals surface area contributed by atoms with Gasteiger partial charge in [0.25, 0.3) is 0 Å². The van der Waals surface area contributed by atoms with Crippen LogP contribution in [0, 0.1) is 0 Å². The van der Waals surface area contributed by atoms with E-state index in [0.717, 1.165) is 31.7 Å². The zero-order chi connectivity index (χ0) is 13.9. The quantitative estimate of drug-likeness (QED) is 0.889. The topological polar surface area (TPSA) is 49.8 Å². The van der Waals surface area contributed by atoms with Crippen molar-refractivity contribution in [3.8, 4) is 0 Å². The lowest BCUT2D eigenvalue weighted by molar-refractivity contribution is -0.141. The van der Waals surface area contributed by atoms with Crippen molar-refractivity contribution >= 4 is 5.82 Å². The molecule has 0 atom stereocenters. The predicted molar refractivity (Wildman–Crippen MR) is 65.8 cm³/mol. The molecule has 1 heterocycles. The zero-order valence-electron chi connectivity index (χ0n) is 10.7. The molecule has 0 aromatic carbocycles. The second-order valence-electron chi connectivity index (χ2n) is 4.78. The van der Waals surface area contributed by atoms with Crippen LogP contribution in [-0.4, -0.2) is 29.3 Å². The van der Waals surface area contributed by atoms with Gasteiger partial charge in [0.05, 0.1) is 0 Å². The summed E-state index contributed by atoms with van der Waals surface area (Å²) < 4.78 is 37.0. The van der Waals surface area contributed by atoms with E-state index in [2.05, 4.69) is 20.8 Å². The molecular formula is C12H17F3N4. The summed E-state index contributed by atoms with van der Waals surface area (Å²) in [6.45, 7) is 0. The lowest BCUT2D eigenvalue weighted by Gasteiger charge is -2.29. The first-order valence-electron chi connectivity index (χ1n) is 6.34. The summed E-state index contributed by atoms with van der Waals surface area (Å²) in [7, 11) is 1.94. The van der Waals surface area contributed by atoms with Crippen LogP contribution in [-0.2, 0) is 6.18 Å². The minimum Gasteiger partial charge on any atom is -0.366 e. The van der Waals surface area contributed by atoms with Crippen molar-refractivity contribution < 1.29 is 13.2 Å². The van der Waals surface area contributed by atoms with Crippen molar-refractivity contribution in [2.45, 2.75) is 43.9 Å².